The summed E-state index contributed by atoms with van der Waals surface area (Å²) >= 11 is 0. The summed E-state index contributed by atoms with van der Waals surface area (Å²) in [5.74, 6) is -1.26. The number of halogens is 7. The molecule has 0 aromatic heterocycles. The van der Waals surface area contributed by atoms with E-state index < -0.39 is 41.8 Å². The zero-order valence-corrected chi connectivity index (χ0v) is 8.74. The van der Waals surface area contributed by atoms with Crippen LogP contribution in [-0.2, 0) is 12.6 Å². The molecule has 8 heteroatoms. The fraction of sp³-hybridized carbons (Fsp3) is 0.400. The van der Waals surface area contributed by atoms with Gasteiger partial charge in [0.05, 0.1) is 5.56 Å². The van der Waals surface area contributed by atoms with E-state index in [9.17, 15) is 30.7 Å². The van der Waals surface area contributed by atoms with E-state index in [1.165, 1.54) is 0 Å². The number of nitrogens with two attached hydrogens (primary N) is 1. The zero-order valence-electron chi connectivity index (χ0n) is 8.74. The third kappa shape index (κ3) is 3.86. The van der Waals surface area contributed by atoms with Crippen LogP contribution in [0.3, 0.4) is 0 Å². The monoisotopic (exact) mass is 275 g/mol. The Bertz CT molecular complexity index is 421. The third-order valence-corrected chi connectivity index (χ3v) is 2.16. The number of hydrogen-bond donors (Lipinski definition) is 1. The quantitative estimate of drug-likeness (QED) is 0.823. The summed E-state index contributed by atoms with van der Waals surface area (Å²) in [6.07, 6.45) is -10.5. The number of rotatable bonds is 2. The van der Waals surface area contributed by atoms with Crippen LogP contribution in [0.5, 0.6) is 0 Å². The van der Waals surface area contributed by atoms with Crippen molar-refractivity contribution in [1.82, 2.24) is 0 Å². The van der Waals surface area contributed by atoms with E-state index in [-0.39, 0.29) is 6.07 Å². The first-order valence-corrected chi connectivity index (χ1v) is 4.69. The molecule has 18 heavy (non-hydrogen) atoms. The molecule has 102 valence electrons. The molecule has 1 rings (SSSR count). The summed E-state index contributed by atoms with van der Waals surface area (Å²) in [7, 11) is 0. The molecule has 0 aliphatic carbocycles. The Morgan fingerprint density at radius 2 is 1.56 bits per heavy atom. The van der Waals surface area contributed by atoms with Crippen molar-refractivity contribution in [3.63, 3.8) is 0 Å². The molecule has 0 aliphatic heterocycles. The molecule has 1 atom stereocenters. The summed E-state index contributed by atoms with van der Waals surface area (Å²) in [5, 5.41) is 0. The van der Waals surface area contributed by atoms with Gasteiger partial charge in [0.1, 0.15) is 11.9 Å². The molecule has 0 saturated carbocycles. The second kappa shape index (κ2) is 4.75. The van der Waals surface area contributed by atoms with Gasteiger partial charge in [-0.2, -0.15) is 26.3 Å². The Kier molecular flexibility index (Phi) is 3.89. The minimum atomic E-state index is -4.82. The number of benzene rings is 1. The minimum absolute atomic E-state index is 0.211. The highest BCUT2D eigenvalue weighted by Crippen LogP contribution is 2.31. The second-order valence-electron chi connectivity index (χ2n) is 3.70. The maximum Gasteiger partial charge on any atom is 0.416 e. The normalized spacial score (nSPS) is 14.7. The lowest BCUT2D eigenvalue weighted by Gasteiger charge is -2.16. The topological polar surface area (TPSA) is 26.0 Å². The third-order valence-electron chi connectivity index (χ3n) is 2.16. The van der Waals surface area contributed by atoms with Gasteiger partial charge in [0.15, 0.2) is 0 Å². The maximum atomic E-state index is 12.9. The van der Waals surface area contributed by atoms with Crippen LogP contribution in [0.1, 0.15) is 11.1 Å². The standard InChI is InChI=1S/C10H8F7N/c11-7-2-5(3-8(18)10(15,16)17)1-6(4-7)9(12,13)14/h1-2,4,8H,3,18H2. The lowest BCUT2D eigenvalue weighted by molar-refractivity contribution is -0.147. The molecule has 1 aromatic rings. The molecule has 0 radical (unpaired) electrons. The van der Waals surface area contributed by atoms with Gasteiger partial charge in [-0.15, -0.1) is 0 Å². The van der Waals surface area contributed by atoms with Crippen LogP contribution in [-0.4, -0.2) is 12.2 Å². The first-order chi connectivity index (χ1) is 8.00. The van der Waals surface area contributed by atoms with E-state index in [0.29, 0.717) is 12.1 Å². The first-order valence-electron chi connectivity index (χ1n) is 4.69. The summed E-state index contributed by atoms with van der Waals surface area (Å²) in [4.78, 5) is 0. The van der Waals surface area contributed by atoms with Gasteiger partial charge in [-0.1, -0.05) is 0 Å². The average molecular weight is 275 g/mol. The van der Waals surface area contributed by atoms with E-state index in [0.717, 1.165) is 0 Å². The van der Waals surface area contributed by atoms with Crippen molar-refractivity contribution in [2.45, 2.75) is 24.8 Å². The highest BCUT2D eigenvalue weighted by atomic mass is 19.4. The van der Waals surface area contributed by atoms with Gasteiger partial charge >= 0.3 is 12.4 Å². The van der Waals surface area contributed by atoms with E-state index in [1.807, 2.05) is 0 Å². The SMILES string of the molecule is NC(Cc1cc(F)cc(C(F)(F)F)c1)C(F)(F)F. The van der Waals surface area contributed by atoms with E-state index in [1.54, 1.807) is 0 Å². The maximum absolute atomic E-state index is 12.9. The van der Waals surface area contributed by atoms with Crippen LogP contribution in [0.15, 0.2) is 18.2 Å². The lowest BCUT2D eigenvalue weighted by Crippen LogP contribution is -2.39. The van der Waals surface area contributed by atoms with Crippen molar-refractivity contribution in [1.29, 1.82) is 0 Å². The van der Waals surface area contributed by atoms with Crippen LogP contribution in [0.2, 0.25) is 0 Å². The van der Waals surface area contributed by atoms with Crippen molar-refractivity contribution >= 4 is 0 Å². The zero-order chi connectivity index (χ0) is 14.1. The summed E-state index contributed by atoms with van der Waals surface area (Å²) in [6, 6.07) is -1.07. The molecule has 1 unspecified atom stereocenters. The molecule has 0 saturated heterocycles. The molecular formula is C10H8F7N. The Morgan fingerprint density at radius 3 is 2.00 bits per heavy atom. The highest BCUT2D eigenvalue weighted by molar-refractivity contribution is 5.27. The lowest BCUT2D eigenvalue weighted by atomic mass is 10.0. The molecular weight excluding hydrogens is 267 g/mol. The van der Waals surface area contributed by atoms with Crippen LogP contribution in [0.25, 0.3) is 0 Å². The molecule has 0 heterocycles. The molecule has 1 nitrogen and oxygen atoms in total. The van der Waals surface area contributed by atoms with E-state index >= 15 is 0 Å². The average Bonchev–Trinajstić information content (AvgIpc) is 2.13. The molecule has 0 amide bonds. The van der Waals surface area contributed by atoms with Gasteiger partial charge in [-0.05, 0) is 30.2 Å². The first kappa shape index (κ1) is 14.7. The molecule has 0 spiro atoms. The van der Waals surface area contributed by atoms with E-state index in [4.69, 9.17) is 5.73 Å². The summed E-state index contributed by atoms with van der Waals surface area (Å²) in [6.45, 7) is 0. The molecule has 1 aromatic carbocycles. The Morgan fingerprint density at radius 1 is 1.00 bits per heavy atom. The Labute approximate surface area is 97.4 Å². The van der Waals surface area contributed by atoms with Crippen molar-refractivity contribution < 1.29 is 30.7 Å². The van der Waals surface area contributed by atoms with Gasteiger partial charge < -0.3 is 5.73 Å². The molecule has 0 fully saturated rings. The van der Waals surface area contributed by atoms with Crippen molar-refractivity contribution in [2.24, 2.45) is 5.73 Å². The number of alkyl halides is 6. The van der Waals surface area contributed by atoms with Crippen molar-refractivity contribution in [2.75, 3.05) is 0 Å². The van der Waals surface area contributed by atoms with Gasteiger partial charge in [0, 0.05) is 0 Å². The number of hydrogen-bond acceptors (Lipinski definition) is 1. The fourth-order valence-corrected chi connectivity index (χ4v) is 1.30. The Balaban J connectivity index is 3.01. The predicted octanol–water partition coefficient (Wildman–Crippen LogP) is 3.28. The van der Waals surface area contributed by atoms with Crippen molar-refractivity contribution in [3.8, 4) is 0 Å². The molecule has 0 bridgehead atoms. The van der Waals surface area contributed by atoms with Crippen LogP contribution in [0.4, 0.5) is 30.7 Å². The van der Waals surface area contributed by atoms with Gasteiger partial charge in [-0.25, -0.2) is 4.39 Å². The summed E-state index contributed by atoms with van der Waals surface area (Å²) < 4.78 is 86.2. The van der Waals surface area contributed by atoms with Gasteiger partial charge in [0.2, 0.25) is 0 Å². The predicted molar refractivity (Wildman–Crippen MR) is 49.1 cm³/mol. The van der Waals surface area contributed by atoms with Gasteiger partial charge in [0.25, 0.3) is 0 Å². The van der Waals surface area contributed by atoms with Crippen molar-refractivity contribution in [3.05, 3.63) is 35.1 Å². The fourth-order valence-electron chi connectivity index (χ4n) is 1.30. The van der Waals surface area contributed by atoms with Crippen LogP contribution < -0.4 is 5.73 Å². The largest absolute Gasteiger partial charge is 0.416 e. The van der Waals surface area contributed by atoms with Crippen LogP contribution in [0, 0.1) is 5.82 Å². The molecule has 0 aliphatic rings. The van der Waals surface area contributed by atoms with Crippen LogP contribution >= 0.6 is 0 Å². The second-order valence-corrected chi connectivity index (χ2v) is 3.70. The van der Waals surface area contributed by atoms with Gasteiger partial charge in [-0.3, -0.25) is 0 Å². The minimum Gasteiger partial charge on any atom is -0.320 e. The molecule has 2 N–H and O–H groups in total. The smallest absolute Gasteiger partial charge is 0.320 e. The summed E-state index contributed by atoms with van der Waals surface area (Å²) in [5.41, 5.74) is 2.97. The highest BCUT2D eigenvalue weighted by Gasteiger charge is 2.37. The Hall–Kier alpha value is -1.31. The van der Waals surface area contributed by atoms with E-state index in [2.05, 4.69) is 0 Å².